The maximum atomic E-state index is 9.02. The molecule has 0 aliphatic carbocycles. The van der Waals surface area contributed by atoms with Gasteiger partial charge in [0, 0.05) is 11.6 Å². The Hall–Kier alpha value is -1.82. The molecular weight excluding hydrogens is 268 g/mol. The van der Waals surface area contributed by atoms with E-state index in [1.54, 1.807) is 0 Å². The minimum absolute atomic E-state index is 0.662. The van der Waals surface area contributed by atoms with Crippen molar-refractivity contribution < 1.29 is 0 Å². The number of hydrogen-bond donors (Lipinski definition) is 1. The van der Waals surface area contributed by atoms with Gasteiger partial charge in [0.1, 0.15) is 0 Å². The Morgan fingerprint density at radius 3 is 2.80 bits per heavy atom. The van der Waals surface area contributed by atoms with Gasteiger partial charge >= 0.3 is 0 Å². The van der Waals surface area contributed by atoms with E-state index < -0.39 is 0 Å². The van der Waals surface area contributed by atoms with E-state index in [4.69, 9.17) is 16.9 Å². The first kappa shape index (κ1) is 14.6. The van der Waals surface area contributed by atoms with Crippen LogP contribution in [-0.4, -0.2) is 6.54 Å². The first-order valence-electron chi connectivity index (χ1n) is 6.74. The lowest BCUT2D eigenvalue weighted by Crippen LogP contribution is -2.14. The van der Waals surface area contributed by atoms with Crippen molar-refractivity contribution in [2.24, 2.45) is 0 Å². The van der Waals surface area contributed by atoms with E-state index in [1.807, 2.05) is 42.5 Å². The lowest BCUT2D eigenvalue weighted by molar-refractivity contribution is 0.676. The van der Waals surface area contributed by atoms with E-state index in [-0.39, 0.29) is 0 Å². The highest BCUT2D eigenvalue weighted by atomic mass is 35.5. The molecule has 2 nitrogen and oxygen atoms in total. The number of halogens is 1. The molecule has 0 aliphatic heterocycles. The van der Waals surface area contributed by atoms with Crippen LogP contribution in [0.15, 0.2) is 42.5 Å². The van der Waals surface area contributed by atoms with Gasteiger partial charge in [-0.15, -0.1) is 0 Å². The summed E-state index contributed by atoms with van der Waals surface area (Å²) in [6, 6.07) is 15.7. The molecule has 0 unspecified atom stereocenters. The predicted molar refractivity (Wildman–Crippen MR) is 83.6 cm³/mol. The fraction of sp³-hybridized carbons (Fsp3) is 0.235. The molecule has 2 aromatic rings. The molecule has 0 radical (unpaired) electrons. The molecule has 2 aromatic carbocycles. The molecule has 0 aromatic heterocycles. The third kappa shape index (κ3) is 3.60. The van der Waals surface area contributed by atoms with Crippen LogP contribution in [0.4, 0.5) is 0 Å². The van der Waals surface area contributed by atoms with E-state index >= 15 is 0 Å². The molecule has 1 N–H and O–H groups in total. The number of rotatable bonds is 5. The van der Waals surface area contributed by atoms with Crippen LogP contribution >= 0.6 is 11.6 Å². The highest BCUT2D eigenvalue weighted by Crippen LogP contribution is 2.27. The van der Waals surface area contributed by atoms with Crippen LogP contribution < -0.4 is 5.32 Å². The average Bonchev–Trinajstić information content (AvgIpc) is 2.49. The van der Waals surface area contributed by atoms with Crippen LogP contribution in [0.1, 0.15) is 24.5 Å². The van der Waals surface area contributed by atoms with E-state index in [0.29, 0.717) is 10.6 Å². The quantitative estimate of drug-likeness (QED) is 0.827. The maximum absolute atomic E-state index is 9.02. The molecular formula is C17H17ClN2. The summed E-state index contributed by atoms with van der Waals surface area (Å²) >= 11 is 6.12. The summed E-state index contributed by atoms with van der Waals surface area (Å²) in [5, 5.41) is 13.1. The van der Waals surface area contributed by atoms with Gasteiger partial charge in [0.05, 0.1) is 11.6 Å². The van der Waals surface area contributed by atoms with Crippen LogP contribution in [-0.2, 0) is 6.54 Å². The van der Waals surface area contributed by atoms with Crippen molar-refractivity contribution in [1.29, 1.82) is 5.26 Å². The molecule has 0 fully saturated rings. The minimum Gasteiger partial charge on any atom is -0.313 e. The zero-order valence-corrected chi connectivity index (χ0v) is 12.2. The predicted octanol–water partition coefficient (Wildman–Crippen LogP) is 4.38. The summed E-state index contributed by atoms with van der Waals surface area (Å²) in [5.74, 6) is 0. The third-order valence-electron chi connectivity index (χ3n) is 3.12. The van der Waals surface area contributed by atoms with Crippen molar-refractivity contribution in [2.75, 3.05) is 6.54 Å². The fourth-order valence-corrected chi connectivity index (χ4v) is 2.30. The summed E-state index contributed by atoms with van der Waals surface area (Å²) in [7, 11) is 0. The lowest BCUT2D eigenvalue weighted by Gasteiger charge is -2.11. The van der Waals surface area contributed by atoms with Gasteiger partial charge in [0.15, 0.2) is 0 Å². The number of benzene rings is 2. The van der Waals surface area contributed by atoms with Gasteiger partial charge in [0.25, 0.3) is 0 Å². The highest BCUT2D eigenvalue weighted by molar-refractivity contribution is 6.30. The SMILES string of the molecule is CCCNCc1ccc(Cl)cc1-c1cccc(C#N)c1. The van der Waals surface area contributed by atoms with Gasteiger partial charge in [0.2, 0.25) is 0 Å². The Kier molecular flexibility index (Phi) is 5.17. The number of nitrogens with one attached hydrogen (secondary N) is 1. The fourth-order valence-electron chi connectivity index (χ4n) is 2.13. The van der Waals surface area contributed by atoms with E-state index in [2.05, 4.69) is 18.3 Å². The lowest BCUT2D eigenvalue weighted by atomic mass is 9.98. The second-order valence-electron chi connectivity index (χ2n) is 4.67. The maximum Gasteiger partial charge on any atom is 0.0991 e. The standard InChI is InChI=1S/C17H17ClN2/c1-2-8-20-12-15-6-7-16(18)10-17(15)14-5-3-4-13(9-14)11-19/h3-7,9-10,20H,2,8,12H2,1H3. The van der Waals surface area contributed by atoms with Crippen LogP contribution in [0.3, 0.4) is 0 Å². The zero-order valence-electron chi connectivity index (χ0n) is 11.5. The molecule has 2 rings (SSSR count). The van der Waals surface area contributed by atoms with Crippen molar-refractivity contribution in [3.63, 3.8) is 0 Å². The first-order chi connectivity index (χ1) is 9.74. The smallest absolute Gasteiger partial charge is 0.0991 e. The topological polar surface area (TPSA) is 35.8 Å². The number of nitrogens with zero attached hydrogens (tertiary/aromatic N) is 1. The van der Waals surface area contributed by atoms with E-state index in [9.17, 15) is 0 Å². The largest absolute Gasteiger partial charge is 0.313 e. The summed E-state index contributed by atoms with van der Waals surface area (Å²) in [5.41, 5.74) is 3.96. The van der Waals surface area contributed by atoms with Gasteiger partial charge in [-0.3, -0.25) is 0 Å². The molecule has 20 heavy (non-hydrogen) atoms. The normalized spacial score (nSPS) is 10.2. The van der Waals surface area contributed by atoms with Crippen molar-refractivity contribution in [3.8, 4) is 17.2 Å². The average molecular weight is 285 g/mol. The molecule has 0 spiro atoms. The second-order valence-corrected chi connectivity index (χ2v) is 5.11. The summed E-state index contributed by atoms with van der Waals surface area (Å²) in [4.78, 5) is 0. The van der Waals surface area contributed by atoms with Crippen LogP contribution in [0, 0.1) is 11.3 Å². The molecule has 0 atom stereocenters. The third-order valence-corrected chi connectivity index (χ3v) is 3.35. The van der Waals surface area contributed by atoms with Gasteiger partial charge in [-0.2, -0.15) is 5.26 Å². The Bertz CT molecular complexity index is 629. The minimum atomic E-state index is 0.662. The molecule has 0 heterocycles. The molecule has 0 amide bonds. The molecule has 102 valence electrons. The summed E-state index contributed by atoms with van der Waals surface area (Å²) < 4.78 is 0. The Balaban J connectivity index is 2.37. The molecule has 0 bridgehead atoms. The van der Waals surface area contributed by atoms with E-state index in [1.165, 1.54) is 5.56 Å². The number of nitriles is 1. The Labute approximate surface area is 125 Å². The highest BCUT2D eigenvalue weighted by Gasteiger charge is 2.07. The van der Waals surface area contributed by atoms with E-state index in [0.717, 1.165) is 30.6 Å². The van der Waals surface area contributed by atoms with Crippen LogP contribution in [0.25, 0.3) is 11.1 Å². The van der Waals surface area contributed by atoms with Crippen molar-refractivity contribution in [1.82, 2.24) is 5.32 Å². The van der Waals surface area contributed by atoms with Crippen molar-refractivity contribution in [3.05, 3.63) is 58.6 Å². The summed E-state index contributed by atoms with van der Waals surface area (Å²) in [6.45, 7) is 3.93. The first-order valence-corrected chi connectivity index (χ1v) is 7.12. The molecule has 3 heteroatoms. The molecule has 0 saturated carbocycles. The molecule has 0 saturated heterocycles. The van der Waals surface area contributed by atoms with Gasteiger partial charge in [-0.1, -0.05) is 36.7 Å². The van der Waals surface area contributed by atoms with Crippen LogP contribution in [0.5, 0.6) is 0 Å². The Morgan fingerprint density at radius 1 is 1.20 bits per heavy atom. The van der Waals surface area contributed by atoms with Crippen LogP contribution in [0.2, 0.25) is 5.02 Å². The zero-order chi connectivity index (χ0) is 14.4. The van der Waals surface area contributed by atoms with Gasteiger partial charge in [-0.25, -0.2) is 0 Å². The second kappa shape index (κ2) is 7.09. The number of hydrogen-bond acceptors (Lipinski definition) is 2. The van der Waals surface area contributed by atoms with Gasteiger partial charge in [-0.05, 0) is 53.9 Å². The van der Waals surface area contributed by atoms with Crippen molar-refractivity contribution in [2.45, 2.75) is 19.9 Å². The van der Waals surface area contributed by atoms with Gasteiger partial charge < -0.3 is 5.32 Å². The monoisotopic (exact) mass is 284 g/mol. The molecule has 0 aliphatic rings. The Morgan fingerprint density at radius 2 is 2.05 bits per heavy atom. The summed E-state index contributed by atoms with van der Waals surface area (Å²) in [6.07, 6.45) is 1.10. The van der Waals surface area contributed by atoms with Crippen molar-refractivity contribution >= 4 is 11.6 Å².